The summed E-state index contributed by atoms with van der Waals surface area (Å²) in [6, 6.07) is 10.5. The van der Waals surface area contributed by atoms with E-state index in [0.29, 0.717) is 57.4 Å². The molecule has 1 aromatic carbocycles. The van der Waals surface area contributed by atoms with Crippen molar-refractivity contribution in [1.29, 1.82) is 10.5 Å². The van der Waals surface area contributed by atoms with Crippen molar-refractivity contribution in [2.75, 3.05) is 37.7 Å². The minimum absolute atomic E-state index is 0.0180. The van der Waals surface area contributed by atoms with Gasteiger partial charge in [-0.2, -0.15) is 23.7 Å². The van der Waals surface area contributed by atoms with Crippen LogP contribution < -0.4 is 9.64 Å². The Morgan fingerprint density at radius 3 is 2.30 bits per heavy atom. The number of carbonyl (C=O) groups is 1. The Morgan fingerprint density at radius 2 is 1.70 bits per heavy atom. The summed E-state index contributed by atoms with van der Waals surface area (Å²) in [5.74, 6) is 0.779. The zero-order chi connectivity index (χ0) is 26.4. The minimum Gasteiger partial charge on any atom is -0.490 e. The number of ether oxygens (including phenoxy) is 2. The van der Waals surface area contributed by atoms with Crippen molar-refractivity contribution in [3.8, 4) is 17.9 Å². The number of carbonyl (C=O) groups excluding carboxylic acids is 1. The Bertz CT molecular complexity index is 1170. The molecule has 0 N–H and O–H groups in total. The second-order valence-electron chi connectivity index (χ2n) is 9.03. The van der Waals surface area contributed by atoms with E-state index in [9.17, 15) is 18.0 Å². The third kappa shape index (κ3) is 6.69. The number of aromatic nitrogens is 1. The molecule has 2 fully saturated rings. The van der Waals surface area contributed by atoms with E-state index in [1.54, 1.807) is 23.1 Å². The third-order valence-electron chi connectivity index (χ3n) is 6.62. The van der Waals surface area contributed by atoms with Gasteiger partial charge in [-0.05, 0) is 56.0 Å². The van der Waals surface area contributed by atoms with Crippen LogP contribution in [0.3, 0.4) is 0 Å². The molecule has 37 heavy (non-hydrogen) atoms. The van der Waals surface area contributed by atoms with Gasteiger partial charge in [0.05, 0.1) is 35.0 Å². The average Bonchev–Trinajstić information content (AvgIpc) is 2.92. The van der Waals surface area contributed by atoms with E-state index in [2.05, 4.69) is 9.88 Å². The molecule has 0 atom stereocenters. The molecule has 8 nitrogen and oxygen atoms in total. The van der Waals surface area contributed by atoms with Crippen LogP contribution in [-0.4, -0.2) is 60.8 Å². The van der Waals surface area contributed by atoms with Crippen molar-refractivity contribution in [2.24, 2.45) is 0 Å². The van der Waals surface area contributed by atoms with Gasteiger partial charge in [-0.25, -0.2) is 4.98 Å². The van der Waals surface area contributed by atoms with Crippen LogP contribution in [0.15, 0.2) is 36.5 Å². The fourth-order valence-electron chi connectivity index (χ4n) is 4.54. The number of nitrogens with zero attached hydrogens (tertiary/aromatic N) is 5. The van der Waals surface area contributed by atoms with Crippen LogP contribution in [-0.2, 0) is 15.7 Å². The van der Waals surface area contributed by atoms with Crippen LogP contribution >= 0.6 is 0 Å². The molecule has 2 aliphatic rings. The van der Waals surface area contributed by atoms with Gasteiger partial charge in [0.2, 0.25) is 5.91 Å². The number of hydrogen-bond donors (Lipinski definition) is 0. The van der Waals surface area contributed by atoms with E-state index in [4.69, 9.17) is 20.0 Å². The van der Waals surface area contributed by atoms with Crippen LogP contribution in [0, 0.1) is 22.7 Å². The standard InChI is InChI=1S/C26H26F3N5O3/c27-26(28,29)23-13-22(3-2-19(23)15-31)37-21-6-4-20(5-7-21)36-17-25(35)34-11-9-33(10-12-34)24-8-1-18(14-30)16-32-24/h1-3,8,13,16,20-21H,4-7,9-12,17H2/t20-,21-. The van der Waals surface area contributed by atoms with Crippen molar-refractivity contribution >= 4 is 11.7 Å². The summed E-state index contributed by atoms with van der Waals surface area (Å²) >= 11 is 0. The van der Waals surface area contributed by atoms with Crippen molar-refractivity contribution in [3.05, 3.63) is 53.2 Å². The zero-order valence-corrected chi connectivity index (χ0v) is 20.1. The molecular formula is C26H26F3N5O3. The number of anilines is 1. The SMILES string of the molecule is N#Cc1ccc(N2CCN(C(=O)CO[C@H]3CC[C@H](Oc4ccc(C#N)c(C(F)(F)F)c4)CC3)CC2)nc1. The molecule has 1 saturated heterocycles. The van der Waals surface area contributed by atoms with Gasteiger partial charge < -0.3 is 19.3 Å². The van der Waals surface area contributed by atoms with E-state index in [1.807, 2.05) is 6.07 Å². The molecule has 2 heterocycles. The van der Waals surface area contributed by atoms with Crippen LogP contribution in [0.1, 0.15) is 42.4 Å². The molecule has 4 rings (SSSR count). The van der Waals surface area contributed by atoms with E-state index < -0.39 is 17.3 Å². The number of halogens is 3. The molecule has 0 spiro atoms. The summed E-state index contributed by atoms with van der Waals surface area (Å²) in [4.78, 5) is 20.8. The van der Waals surface area contributed by atoms with E-state index in [-0.39, 0.29) is 30.5 Å². The molecule has 1 amide bonds. The van der Waals surface area contributed by atoms with Crippen LogP contribution in [0.25, 0.3) is 0 Å². The van der Waals surface area contributed by atoms with Gasteiger partial charge in [-0.3, -0.25) is 4.79 Å². The molecule has 1 aromatic heterocycles. The Balaban J connectivity index is 1.19. The molecule has 0 bridgehead atoms. The molecule has 0 unspecified atom stereocenters. The van der Waals surface area contributed by atoms with Crippen molar-refractivity contribution < 1.29 is 27.4 Å². The average molecular weight is 514 g/mol. The number of pyridine rings is 1. The number of rotatable bonds is 6. The topological polar surface area (TPSA) is 102 Å². The first-order chi connectivity index (χ1) is 17.8. The molecule has 11 heteroatoms. The second kappa shape index (κ2) is 11.5. The molecule has 1 saturated carbocycles. The van der Waals surface area contributed by atoms with Gasteiger partial charge in [0.1, 0.15) is 24.2 Å². The first-order valence-electron chi connectivity index (χ1n) is 12.1. The number of benzene rings is 1. The largest absolute Gasteiger partial charge is 0.490 e. The number of amides is 1. The normalized spacial score (nSPS) is 20.1. The summed E-state index contributed by atoms with van der Waals surface area (Å²) in [5.41, 5.74) is -0.939. The monoisotopic (exact) mass is 513 g/mol. The molecule has 2 aromatic rings. The summed E-state index contributed by atoms with van der Waals surface area (Å²) < 4.78 is 51.1. The Morgan fingerprint density at radius 1 is 1.00 bits per heavy atom. The predicted molar refractivity (Wildman–Crippen MR) is 127 cm³/mol. The van der Waals surface area contributed by atoms with E-state index >= 15 is 0 Å². The van der Waals surface area contributed by atoms with Crippen molar-refractivity contribution in [2.45, 2.75) is 44.1 Å². The second-order valence-corrected chi connectivity index (χ2v) is 9.03. The van der Waals surface area contributed by atoms with Crippen LogP contribution in [0.5, 0.6) is 5.75 Å². The predicted octanol–water partition coefficient (Wildman–Crippen LogP) is 3.90. The number of hydrogen-bond acceptors (Lipinski definition) is 7. The number of piperazine rings is 1. The van der Waals surface area contributed by atoms with Gasteiger partial charge in [0.15, 0.2) is 0 Å². The van der Waals surface area contributed by atoms with E-state index in [0.717, 1.165) is 18.0 Å². The highest BCUT2D eigenvalue weighted by Crippen LogP contribution is 2.35. The Labute approximate surface area is 212 Å². The first-order valence-corrected chi connectivity index (χ1v) is 12.1. The summed E-state index contributed by atoms with van der Waals surface area (Å²) in [5, 5.41) is 17.8. The maximum absolute atomic E-state index is 13.2. The highest BCUT2D eigenvalue weighted by Gasteiger charge is 2.34. The lowest BCUT2D eigenvalue weighted by Gasteiger charge is -2.36. The van der Waals surface area contributed by atoms with Gasteiger partial charge in [0.25, 0.3) is 0 Å². The number of alkyl halides is 3. The quantitative estimate of drug-likeness (QED) is 0.577. The smallest absolute Gasteiger partial charge is 0.417 e. The van der Waals surface area contributed by atoms with Gasteiger partial charge in [0, 0.05) is 32.4 Å². The number of nitriles is 2. The maximum atomic E-state index is 13.2. The lowest BCUT2D eigenvalue weighted by atomic mass is 9.95. The summed E-state index contributed by atoms with van der Waals surface area (Å²) in [6.07, 6.45) is -1.00. The first kappa shape index (κ1) is 26.2. The van der Waals surface area contributed by atoms with E-state index in [1.165, 1.54) is 12.3 Å². The summed E-state index contributed by atoms with van der Waals surface area (Å²) in [6.45, 7) is 2.36. The van der Waals surface area contributed by atoms with Crippen LogP contribution in [0.4, 0.5) is 19.0 Å². The molecule has 1 aliphatic heterocycles. The molecule has 194 valence electrons. The van der Waals surface area contributed by atoms with Gasteiger partial charge in [-0.1, -0.05) is 0 Å². The minimum atomic E-state index is -4.63. The van der Waals surface area contributed by atoms with Gasteiger partial charge >= 0.3 is 6.18 Å². The Kier molecular flexibility index (Phi) is 8.14. The lowest BCUT2D eigenvalue weighted by Crippen LogP contribution is -2.50. The lowest BCUT2D eigenvalue weighted by molar-refractivity contribution is -0.140. The zero-order valence-electron chi connectivity index (χ0n) is 20.1. The molecule has 0 radical (unpaired) electrons. The molecule has 1 aliphatic carbocycles. The highest BCUT2D eigenvalue weighted by molar-refractivity contribution is 5.77. The van der Waals surface area contributed by atoms with Crippen LogP contribution in [0.2, 0.25) is 0 Å². The fourth-order valence-corrected chi connectivity index (χ4v) is 4.54. The van der Waals surface area contributed by atoms with Crippen molar-refractivity contribution in [3.63, 3.8) is 0 Å². The summed E-state index contributed by atoms with van der Waals surface area (Å²) in [7, 11) is 0. The maximum Gasteiger partial charge on any atom is 0.417 e. The fraction of sp³-hybridized carbons (Fsp3) is 0.462. The molecular weight excluding hydrogens is 487 g/mol. The highest BCUT2D eigenvalue weighted by atomic mass is 19.4. The Hall–Kier alpha value is -3.83. The van der Waals surface area contributed by atoms with Crippen molar-refractivity contribution in [1.82, 2.24) is 9.88 Å². The van der Waals surface area contributed by atoms with Gasteiger partial charge in [-0.15, -0.1) is 0 Å². The third-order valence-corrected chi connectivity index (χ3v) is 6.62.